The van der Waals surface area contributed by atoms with Gasteiger partial charge >= 0.3 is 0 Å². The molecule has 0 saturated carbocycles. The average Bonchev–Trinajstić information content (AvgIpc) is 3.78. The largest absolute Gasteiger partial charge is 0.307 e. The molecular weight excluding hydrogens is 983 g/mol. The van der Waals surface area contributed by atoms with Crippen LogP contribution in [0.4, 0.5) is 0 Å². The lowest BCUT2D eigenvalue weighted by Crippen LogP contribution is -2.02. The molecular formula is C76H49N5. The van der Waals surface area contributed by atoms with Crippen LogP contribution < -0.4 is 0 Å². The first-order chi connectivity index (χ1) is 40.2. The highest BCUT2D eigenvalue weighted by Gasteiger charge is 2.24. The second kappa shape index (κ2) is 19.0. The lowest BCUT2D eigenvalue weighted by Gasteiger charge is -2.17. The van der Waals surface area contributed by atoms with Gasteiger partial charge in [-0.05, 0) is 121 Å². The number of aromatic nitrogens is 5. The fourth-order valence-electron chi connectivity index (χ4n) is 12.7. The molecule has 0 fully saturated rings. The van der Waals surface area contributed by atoms with Crippen LogP contribution in [-0.2, 0) is 6.42 Å². The molecule has 0 atom stereocenters. The molecule has 13 aromatic carbocycles. The molecule has 0 radical (unpaired) electrons. The van der Waals surface area contributed by atoms with Crippen LogP contribution in [0.5, 0.6) is 0 Å². The second-order valence-corrected chi connectivity index (χ2v) is 21.0. The van der Waals surface area contributed by atoms with Crippen molar-refractivity contribution in [3.8, 4) is 67.8 Å². The molecule has 0 spiro atoms. The van der Waals surface area contributed by atoms with Gasteiger partial charge in [0.2, 0.25) is 0 Å². The Morgan fingerprint density at radius 2 is 0.815 bits per heavy atom. The maximum Gasteiger partial charge on any atom is 0.164 e. The summed E-state index contributed by atoms with van der Waals surface area (Å²) in [7, 11) is 0. The quantitative estimate of drug-likeness (QED) is 0.167. The number of para-hydroxylation sites is 2. The first-order valence-corrected chi connectivity index (χ1v) is 27.7. The number of nitrogens with zero attached hydrogens (tertiary/aromatic N) is 5. The lowest BCUT2D eigenvalue weighted by atomic mass is 9.98. The molecule has 5 heteroatoms. The number of hydrogen-bond acceptors (Lipinski definition) is 3. The van der Waals surface area contributed by atoms with Crippen LogP contribution in [0.15, 0.2) is 285 Å². The van der Waals surface area contributed by atoms with Gasteiger partial charge in [0.15, 0.2) is 17.5 Å². The lowest BCUT2D eigenvalue weighted by molar-refractivity contribution is 1.07. The Labute approximate surface area is 468 Å². The van der Waals surface area contributed by atoms with Crippen molar-refractivity contribution in [2.75, 3.05) is 0 Å². The SMILES string of the molecule is c1ccc(-c2cccc(-c3nc(-c4ccccc4)nc(-c4ccc(-n5c6ccccc6c6cc7ccccc7c(-n7c8ccccc8c8c9ccccc9ccc87)c65)cc4)n3)c2)cc1.c1ccc2c(c1)Cc1ccc3ccccc3c1-2. The summed E-state index contributed by atoms with van der Waals surface area (Å²) >= 11 is 0. The normalized spacial score (nSPS) is 11.9. The molecule has 0 aliphatic heterocycles. The van der Waals surface area contributed by atoms with Gasteiger partial charge in [0.1, 0.15) is 0 Å². The van der Waals surface area contributed by atoms with E-state index in [0.717, 1.165) is 56.6 Å². The smallest absolute Gasteiger partial charge is 0.164 e. The maximum absolute atomic E-state index is 5.16. The van der Waals surface area contributed by atoms with Gasteiger partial charge in [-0.2, -0.15) is 0 Å². The predicted octanol–water partition coefficient (Wildman–Crippen LogP) is 19.5. The predicted molar refractivity (Wildman–Crippen MR) is 337 cm³/mol. The van der Waals surface area contributed by atoms with Gasteiger partial charge in [-0.15, -0.1) is 0 Å². The van der Waals surface area contributed by atoms with Crippen molar-refractivity contribution in [3.05, 3.63) is 296 Å². The van der Waals surface area contributed by atoms with Crippen LogP contribution in [0.3, 0.4) is 0 Å². The number of rotatable bonds is 6. The minimum atomic E-state index is 0.618. The molecule has 1 aliphatic carbocycles. The van der Waals surface area contributed by atoms with Crippen LogP contribution in [0.2, 0.25) is 0 Å². The van der Waals surface area contributed by atoms with Gasteiger partial charge in [0.05, 0.1) is 27.8 Å². The third kappa shape index (κ3) is 7.73. The van der Waals surface area contributed by atoms with Gasteiger partial charge in [0, 0.05) is 49.3 Å². The zero-order valence-corrected chi connectivity index (χ0v) is 44.1. The highest BCUT2D eigenvalue weighted by atomic mass is 15.1. The van der Waals surface area contributed by atoms with Crippen molar-refractivity contribution in [3.63, 3.8) is 0 Å². The number of benzene rings is 13. The molecule has 3 aromatic heterocycles. The van der Waals surface area contributed by atoms with Crippen molar-refractivity contribution >= 4 is 75.9 Å². The maximum atomic E-state index is 5.16. The minimum Gasteiger partial charge on any atom is -0.307 e. The summed E-state index contributed by atoms with van der Waals surface area (Å²) in [6.45, 7) is 0. The fraction of sp³-hybridized carbons (Fsp3) is 0.0132. The zero-order valence-electron chi connectivity index (χ0n) is 44.1. The molecule has 0 amide bonds. The first-order valence-electron chi connectivity index (χ1n) is 27.7. The molecule has 0 N–H and O–H groups in total. The van der Waals surface area contributed by atoms with Crippen molar-refractivity contribution in [1.82, 2.24) is 24.1 Å². The summed E-state index contributed by atoms with van der Waals surface area (Å²) in [6, 6.07) is 102. The third-order valence-electron chi connectivity index (χ3n) is 16.4. The summed E-state index contributed by atoms with van der Waals surface area (Å²) in [6.07, 6.45) is 1.08. The van der Waals surface area contributed by atoms with E-state index in [9.17, 15) is 0 Å². The second-order valence-electron chi connectivity index (χ2n) is 21.0. The standard InChI is InChI=1S/C59H37N5.C17H12/c1-3-16-38(17-4-1)42-22-15-23-44(36-42)59-61-57(40-19-5-2-6-20-40)60-58(62-59)41-30-33-45(34-31-41)63-51-28-13-11-26-48(51)50-37-43-21-8-10-25-47(43)55(56(50)63)64-52-29-14-12-27-49(52)54-46-24-9-7-18-39(46)32-35-53(54)64;1-3-7-15-12(5-1)9-10-14-11-13-6-2-4-8-16(13)17(14)15/h1-37H;1-10H,11H2. The molecule has 3 heterocycles. The molecule has 16 aromatic rings. The Morgan fingerprint density at radius 1 is 0.284 bits per heavy atom. The Bertz CT molecular complexity index is 5130. The van der Waals surface area contributed by atoms with Crippen LogP contribution in [-0.4, -0.2) is 24.1 Å². The summed E-state index contributed by atoms with van der Waals surface area (Å²) in [5, 5.41) is 12.5. The molecule has 378 valence electrons. The Balaban J connectivity index is 0.000000270. The summed E-state index contributed by atoms with van der Waals surface area (Å²) < 4.78 is 4.96. The minimum absolute atomic E-state index is 0.618. The molecule has 0 unspecified atom stereocenters. The Morgan fingerprint density at radius 3 is 1.57 bits per heavy atom. The van der Waals surface area contributed by atoms with Gasteiger partial charge in [-0.1, -0.05) is 231 Å². The number of fused-ring (bicyclic) bond motifs is 14. The Kier molecular flexibility index (Phi) is 10.9. The van der Waals surface area contributed by atoms with E-state index in [1.165, 1.54) is 87.1 Å². The van der Waals surface area contributed by atoms with E-state index in [-0.39, 0.29) is 0 Å². The van der Waals surface area contributed by atoms with Gasteiger partial charge < -0.3 is 9.13 Å². The monoisotopic (exact) mass is 1030 g/mol. The van der Waals surface area contributed by atoms with Crippen molar-refractivity contribution in [2.45, 2.75) is 6.42 Å². The molecule has 1 aliphatic rings. The summed E-state index contributed by atoms with van der Waals surface area (Å²) in [4.78, 5) is 15.3. The summed E-state index contributed by atoms with van der Waals surface area (Å²) in [5.41, 5.74) is 17.7. The van der Waals surface area contributed by atoms with E-state index >= 15 is 0 Å². The molecule has 0 bridgehead atoms. The highest BCUT2D eigenvalue weighted by Crippen LogP contribution is 2.45. The van der Waals surface area contributed by atoms with E-state index in [4.69, 9.17) is 15.0 Å². The first kappa shape index (κ1) is 46.4. The van der Waals surface area contributed by atoms with Crippen LogP contribution in [0.1, 0.15) is 11.1 Å². The zero-order chi connectivity index (χ0) is 53.4. The third-order valence-corrected chi connectivity index (χ3v) is 16.4. The van der Waals surface area contributed by atoms with Gasteiger partial charge in [-0.3, -0.25) is 0 Å². The van der Waals surface area contributed by atoms with Crippen LogP contribution in [0.25, 0.3) is 144 Å². The fourth-order valence-corrected chi connectivity index (χ4v) is 12.7. The number of hydrogen-bond donors (Lipinski definition) is 0. The van der Waals surface area contributed by atoms with Crippen LogP contribution >= 0.6 is 0 Å². The molecule has 81 heavy (non-hydrogen) atoms. The van der Waals surface area contributed by atoms with E-state index in [2.05, 4.69) is 270 Å². The summed E-state index contributed by atoms with van der Waals surface area (Å²) in [5.74, 6) is 1.88. The van der Waals surface area contributed by atoms with E-state index in [1.807, 2.05) is 24.3 Å². The average molecular weight is 1030 g/mol. The van der Waals surface area contributed by atoms with E-state index < -0.39 is 0 Å². The Hall–Kier alpha value is -10.8. The topological polar surface area (TPSA) is 48.5 Å². The molecule has 17 rings (SSSR count). The highest BCUT2D eigenvalue weighted by molar-refractivity contribution is 6.24. The van der Waals surface area contributed by atoms with Crippen molar-refractivity contribution in [1.29, 1.82) is 0 Å². The van der Waals surface area contributed by atoms with Gasteiger partial charge in [-0.25, -0.2) is 15.0 Å². The van der Waals surface area contributed by atoms with Gasteiger partial charge in [0.25, 0.3) is 0 Å². The van der Waals surface area contributed by atoms with Crippen LogP contribution in [0, 0.1) is 0 Å². The molecule has 0 saturated heterocycles. The van der Waals surface area contributed by atoms with Crippen molar-refractivity contribution in [2.24, 2.45) is 0 Å². The van der Waals surface area contributed by atoms with E-state index in [0.29, 0.717) is 17.5 Å². The van der Waals surface area contributed by atoms with Crippen molar-refractivity contribution < 1.29 is 0 Å². The van der Waals surface area contributed by atoms with E-state index in [1.54, 1.807) is 0 Å². The molecule has 5 nitrogen and oxygen atoms in total.